The van der Waals surface area contributed by atoms with E-state index < -0.39 is 11.7 Å². The Balaban J connectivity index is 1.77. The zero-order valence-corrected chi connectivity index (χ0v) is 22.9. The summed E-state index contributed by atoms with van der Waals surface area (Å²) >= 11 is 2.20. The van der Waals surface area contributed by atoms with Crippen LogP contribution in [0.2, 0.25) is 0 Å². The summed E-state index contributed by atoms with van der Waals surface area (Å²) in [6, 6.07) is 25.7. The third-order valence-corrected chi connectivity index (χ3v) is 6.09. The van der Waals surface area contributed by atoms with E-state index in [1.54, 1.807) is 20.3 Å². The molecule has 3 aromatic rings. The normalized spacial score (nSPS) is 13.8. The van der Waals surface area contributed by atoms with Crippen molar-refractivity contribution in [1.29, 1.82) is 0 Å². The van der Waals surface area contributed by atoms with Gasteiger partial charge in [-0.15, -0.1) is 6.58 Å². The standard InChI is InChI=1S/C30H33IO5/c1-4-29(35-21-26-12-16-28(33-3)17-13-26)30(18-19-31,36-22-24-8-6-5-7-9-24)23-34-20-25-10-14-27(32-2)15-11-25/h4-19,29H,1,20-23H2,2-3H3/b19-18-/t29-,30+/m1/s1. The molecule has 0 bridgehead atoms. The molecule has 0 aliphatic rings. The van der Waals surface area contributed by atoms with E-state index in [1.165, 1.54) is 0 Å². The Morgan fingerprint density at radius 1 is 0.778 bits per heavy atom. The molecule has 0 radical (unpaired) electrons. The second-order valence-electron chi connectivity index (χ2n) is 8.18. The molecule has 0 spiro atoms. The Kier molecular flexibility index (Phi) is 11.5. The average Bonchev–Trinajstić information content (AvgIpc) is 2.93. The van der Waals surface area contributed by atoms with Gasteiger partial charge in [0.25, 0.3) is 0 Å². The highest BCUT2D eigenvalue weighted by molar-refractivity contribution is 14.1. The highest BCUT2D eigenvalue weighted by atomic mass is 127. The van der Waals surface area contributed by atoms with E-state index in [0.717, 1.165) is 28.2 Å². The van der Waals surface area contributed by atoms with Crippen molar-refractivity contribution in [2.45, 2.75) is 31.5 Å². The van der Waals surface area contributed by atoms with Gasteiger partial charge in [0.05, 0.1) is 40.6 Å². The van der Waals surface area contributed by atoms with Crippen LogP contribution in [0.25, 0.3) is 0 Å². The zero-order valence-electron chi connectivity index (χ0n) is 20.8. The first-order chi connectivity index (χ1) is 17.6. The van der Waals surface area contributed by atoms with E-state index in [0.29, 0.717) is 19.8 Å². The second kappa shape index (κ2) is 14.8. The Bertz CT molecular complexity index is 1070. The molecule has 6 heteroatoms. The van der Waals surface area contributed by atoms with Crippen LogP contribution in [0.1, 0.15) is 16.7 Å². The number of benzene rings is 3. The van der Waals surface area contributed by atoms with Gasteiger partial charge in [-0.3, -0.25) is 0 Å². The van der Waals surface area contributed by atoms with Crippen molar-refractivity contribution in [2.75, 3.05) is 20.8 Å². The van der Waals surface area contributed by atoms with Gasteiger partial charge in [-0.25, -0.2) is 0 Å². The van der Waals surface area contributed by atoms with E-state index in [4.69, 9.17) is 23.7 Å². The summed E-state index contributed by atoms with van der Waals surface area (Å²) < 4.78 is 31.6. The lowest BCUT2D eigenvalue weighted by Crippen LogP contribution is -2.47. The number of methoxy groups -OCH3 is 2. The fraction of sp³-hybridized carbons (Fsp3) is 0.267. The molecule has 0 aliphatic carbocycles. The molecule has 0 N–H and O–H groups in total. The summed E-state index contributed by atoms with van der Waals surface area (Å²) in [5.74, 6) is 1.62. The van der Waals surface area contributed by atoms with E-state index >= 15 is 0 Å². The SMILES string of the molecule is C=C[C@@H](OCc1ccc(OC)cc1)[C@](/C=C\I)(COCc1ccc(OC)cc1)OCc1ccccc1. The zero-order chi connectivity index (χ0) is 25.6. The molecule has 0 fully saturated rings. The number of ether oxygens (including phenoxy) is 5. The number of hydrogen-bond donors (Lipinski definition) is 0. The summed E-state index contributed by atoms with van der Waals surface area (Å²) in [4.78, 5) is 0. The molecule has 0 aromatic heterocycles. The average molecular weight is 600 g/mol. The molecular formula is C30H33IO5. The molecule has 3 rings (SSSR count). The first-order valence-electron chi connectivity index (χ1n) is 11.7. The fourth-order valence-corrected chi connectivity index (χ4v) is 4.27. The van der Waals surface area contributed by atoms with Gasteiger partial charge < -0.3 is 23.7 Å². The van der Waals surface area contributed by atoms with Gasteiger partial charge in [0.2, 0.25) is 0 Å². The van der Waals surface area contributed by atoms with Crippen LogP contribution < -0.4 is 9.47 Å². The Morgan fingerprint density at radius 2 is 1.33 bits per heavy atom. The predicted molar refractivity (Wildman–Crippen MR) is 152 cm³/mol. The highest BCUT2D eigenvalue weighted by Crippen LogP contribution is 2.28. The molecule has 5 nitrogen and oxygen atoms in total. The molecule has 2 atom stereocenters. The quantitative estimate of drug-likeness (QED) is 0.140. The molecule has 36 heavy (non-hydrogen) atoms. The van der Waals surface area contributed by atoms with Gasteiger partial charge in [0.15, 0.2) is 0 Å². The van der Waals surface area contributed by atoms with Crippen LogP contribution >= 0.6 is 22.6 Å². The fourth-order valence-electron chi connectivity index (χ4n) is 3.66. The van der Waals surface area contributed by atoms with Crippen molar-refractivity contribution in [3.63, 3.8) is 0 Å². The number of hydrogen-bond acceptors (Lipinski definition) is 5. The first-order valence-corrected chi connectivity index (χ1v) is 12.9. The summed E-state index contributed by atoms with van der Waals surface area (Å²) in [7, 11) is 3.31. The lowest BCUT2D eigenvalue weighted by Gasteiger charge is -2.36. The van der Waals surface area contributed by atoms with E-state index in [1.807, 2.05) is 89.0 Å². The highest BCUT2D eigenvalue weighted by Gasteiger charge is 2.38. The van der Waals surface area contributed by atoms with Gasteiger partial charge in [0, 0.05) is 0 Å². The minimum absolute atomic E-state index is 0.282. The molecular weight excluding hydrogens is 567 g/mol. The Labute approximate surface area is 227 Å². The van der Waals surface area contributed by atoms with Gasteiger partial charge >= 0.3 is 0 Å². The minimum Gasteiger partial charge on any atom is -0.497 e. The molecule has 0 saturated carbocycles. The van der Waals surface area contributed by atoms with Crippen molar-refractivity contribution < 1.29 is 23.7 Å². The Hall–Kier alpha value is -2.65. The van der Waals surface area contributed by atoms with Gasteiger partial charge in [0.1, 0.15) is 23.2 Å². The molecule has 0 unspecified atom stereocenters. The maximum Gasteiger partial charge on any atom is 0.140 e. The minimum atomic E-state index is -0.877. The largest absolute Gasteiger partial charge is 0.497 e. The van der Waals surface area contributed by atoms with Crippen LogP contribution in [0.5, 0.6) is 11.5 Å². The summed E-state index contributed by atoms with van der Waals surface area (Å²) in [6.45, 7) is 5.57. The summed E-state index contributed by atoms with van der Waals surface area (Å²) in [5.41, 5.74) is 2.26. The maximum atomic E-state index is 6.56. The maximum absolute atomic E-state index is 6.56. The van der Waals surface area contributed by atoms with Crippen molar-refractivity contribution in [1.82, 2.24) is 0 Å². The van der Waals surface area contributed by atoms with Crippen molar-refractivity contribution in [3.05, 3.63) is 118 Å². The molecule has 0 amide bonds. The molecule has 0 saturated heterocycles. The van der Waals surface area contributed by atoms with Crippen molar-refractivity contribution in [3.8, 4) is 11.5 Å². The predicted octanol–water partition coefficient (Wildman–Crippen LogP) is 6.90. The first kappa shape index (κ1) is 27.9. The lowest BCUT2D eigenvalue weighted by atomic mass is 9.96. The Morgan fingerprint density at radius 3 is 1.86 bits per heavy atom. The number of halogens is 1. The molecule has 0 heterocycles. The van der Waals surface area contributed by atoms with E-state index in [-0.39, 0.29) is 6.61 Å². The van der Waals surface area contributed by atoms with Gasteiger partial charge in [-0.1, -0.05) is 83.3 Å². The van der Waals surface area contributed by atoms with Crippen LogP contribution in [0.3, 0.4) is 0 Å². The third kappa shape index (κ3) is 8.20. The van der Waals surface area contributed by atoms with Crippen molar-refractivity contribution >= 4 is 22.6 Å². The number of rotatable bonds is 15. The summed E-state index contributed by atoms with van der Waals surface area (Å²) in [6.07, 6.45) is 3.32. The van der Waals surface area contributed by atoms with E-state index in [2.05, 4.69) is 29.2 Å². The van der Waals surface area contributed by atoms with Gasteiger partial charge in [-0.05, 0) is 51.1 Å². The third-order valence-electron chi connectivity index (χ3n) is 5.74. The molecule has 190 valence electrons. The van der Waals surface area contributed by atoms with Crippen LogP contribution in [0.4, 0.5) is 0 Å². The topological polar surface area (TPSA) is 46.2 Å². The van der Waals surface area contributed by atoms with E-state index in [9.17, 15) is 0 Å². The van der Waals surface area contributed by atoms with Crippen LogP contribution in [-0.4, -0.2) is 32.5 Å². The summed E-state index contributed by atoms with van der Waals surface area (Å²) in [5, 5.41) is 0. The molecule has 0 aliphatic heterocycles. The van der Waals surface area contributed by atoms with Gasteiger partial charge in [-0.2, -0.15) is 0 Å². The smallest absolute Gasteiger partial charge is 0.140 e. The molecule has 3 aromatic carbocycles. The van der Waals surface area contributed by atoms with Crippen LogP contribution in [-0.2, 0) is 34.0 Å². The van der Waals surface area contributed by atoms with Crippen LogP contribution in [0.15, 0.2) is 102 Å². The second-order valence-corrected chi connectivity index (χ2v) is 8.90. The van der Waals surface area contributed by atoms with Crippen LogP contribution in [0, 0.1) is 0 Å². The monoisotopic (exact) mass is 600 g/mol. The lowest BCUT2D eigenvalue weighted by molar-refractivity contribution is -0.146. The van der Waals surface area contributed by atoms with Crippen molar-refractivity contribution in [2.24, 2.45) is 0 Å².